The molecule has 4 rings (SSSR count). The Morgan fingerprint density at radius 2 is 1.63 bits per heavy atom. The lowest BCUT2D eigenvalue weighted by molar-refractivity contribution is 0.0950. The lowest BCUT2D eigenvalue weighted by Crippen LogP contribution is -2.35. The van der Waals surface area contributed by atoms with E-state index in [-0.39, 0.29) is 24.2 Å². The SMILES string of the molecule is Cl.O=C(NCC(CCCN1CCC(Cc2ccccc2)CC1)c1ccc(Cl)c(Cl)c1)c1ccc(Cl)cc1Cl. The molecular formula is C30H33Cl5N2O. The van der Waals surface area contributed by atoms with Crippen LogP contribution < -0.4 is 5.32 Å². The van der Waals surface area contributed by atoms with Crippen molar-refractivity contribution in [2.45, 2.75) is 38.0 Å². The highest BCUT2D eigenvalue weighted by molar-refractivity contribution is 6.42. The maximum atomic E-state index is 12.8. The number of halogens is 5. The van der Waals surface area contributed by atoms with Gasteiger partial charge in [0, 0.05) is 17.5 Å². The van der Waals surface area contributed by atoms with Crippen LogP contribution in [0.4, 0.5) is 0 Å². The first-order valence-electron chi connectivity index (χ1n) is 12.8. The predicted molar refractivity (Wildman–Crippen MR) is 164 cm³/mol. The van der Waals surface area contributed by atoms with Gasteiger partial charge in [-0.1, -0.05) is 82.8 Å². The fraction of sp³-hybridized carbons (Fsp3) is 0.367. The number of nitrogens with one attached hydrogen (secondary N) is 1. The van der Waals surface area contributed by atoms with Gasteiger partial charge in [-0.2, -0.15) is 0 Å². The molecule has 1 heterocycles. The van der Waals surface area contributed by atoms with E-state index in [0.29, 0.717) is 32.2 Å². The fourth-order valence-electron chi connectivity index (χ4n) is 5.06. The fourth-order valence-corrected chi connectivity index (χ4v) is 5.86. The number of amides is 1. The molecule has 0 saturated carbocycles. The number of hydrogen-bond acceptors (Lipinski definition) is 2. The Hall–Kier alpha value is -1.46. The van der Waals surface area contributed by atoms with E-state index in [1.807, 2.05) is 18.2 Å². The summed E-state index contributed by atoms with van der Waals surface area (Å²) >= 11 is 24.7. The van der Waals surface area contributed by atoms with Crippen molar-refractivity contribution in [2.75, 3.05) is 26.2 Å². The van der Waals surface area contributed by atoms with Crippen LogP contribution in [0.3, 0.4) is 0 Å². The summed E-state index contributed by atoms with van der Waals surface area (Å²) in [7, 11) is 0. The van der Waals surface area contributed by atoms with Gasteiger partial charge in [-0.25, -0.2) is 0 Å². The molecule has 1 unspecified atom stereocenters. The molecule has 1 atom stereocenters. The van der Waals surface area contributed by atoms with Gasteiger partial charge in [0.05, 0.1) is 20.6 Å². The number of hydrogen-bond donors (Lipinski definition) is 1. The van der Waals surface area contributed by atoms with Crippen molar-refractivity contribution in [3.63, 3.8) is 0 Å². The lowest BCUT2D eigenvalue weighted by atomic mass is 9.89. The van der Waals surface area contributed by atoms with E-state index < -0.39 is 0 Å². The minimum Gasteiger partial charge on any atom is -0.351 e. The van der Waals surface area contributed by atoms with Crippen LogP contribution >= 0.6 is 58.8 Å². The van der Waals surface area contributed by atoms with E-state index >= 15 is 0 Å². The normalized spacial score (nSPS) is 15.1. The van der Waals surface area contributed by atoms with Crippen molar-refractivity contribution in [3.8, 4) is 0 Å². The van der Waals surface area contributed by atoms with Crippen molar-refractivity contribution in [1.29, 1.82) is 0 Å². The number of piperidine rings is 1. The highest BCUT2D eigenvalue weighted by Crippen LogP contribution is 2.30. The molecule has 0 radical (unpaired) electrons. The summed E-state index contributed by atoms with van der Waals surface area (Å²) < 4.78 is 0. The molecule has 0 aromatic heterocycles. The van der Waals surface area contributed by atoms with Gasteiger partial charge in [-0.15, -0.1) is 12.4 Å². The molecule has 0 spiro atoms. The molecule has 204 valence electrons. The molecule has 8 heteroatoms. The highest BCUT2D eigenvalue weighted by Gasteiger charge is 2.21. The van der Waals surface area contributed by atoms with Crippen LogP contribution in [0.2, 0.25) is 20.1 Å². The van der Waals surface area contributed by atoms with E-state index in [1.54, 1.807) is 18.2 Å². The van der Waals surface area contributed by atoms with Gasteiger partial charge >= 0.3 is 0 Å². The number of carbonyl (C=O) groups is 1. The van der Waals surface area contributed by atoms with Gasteiger partial charge < -0.3 is 10.2 Å². The molecule has 1 aliphatic rings. The summed E-state index contributed by atoms with van der Waals surface area (Å²) in [5.41, 5.74) is 2.92. The molecule has 1 saturated heterocycles. The Balaban J connectivity index is 0.00000400. The van der Waals surface area contributed by atoms with Crippen LogP contribution in [-0.4, -0.2) is 37.0 Å². The number of likely N-dealkylation sites (tertiary alicyclic amines) is 1. The van der Waals surface area contributed by atoms with E-state index in [0.717, 1.165) is 44.0 Å². The molecule has 3 aromatic carbocycles. The molecule has 0 aliphatic carbocycles. The monoisotopic (exact) mass is 612 g/mol. The lowest BCUT2D eigenvalue weighted by Gasteiger charge is -2.32. The second kappa shape index (κ2) is 15.4. The van der Waals surface area contributed by atoms with E-state index in [1.165, 1.54) is 24.8 Å². The van der Waals surface area contributed by atoms with Crippen LogP contribution in [0.25, 0.3) is 0 Å². The molecule has 1 fully saturated rings. The van der Waals surface area contributed by atoms with Gasteiger partial charge in [0.25, 0.3) is 5.91 Å². The molecule has 1 N–H and O–H groups in total. The molecule has 3 aromatic rings. The Bertz CT molecular complexity index is 1180. The Morgan fingerprint density at radius 3 is 2.32 bits per heavy atom. The van der Waals surface area contributed by atoms with Crippen LogP contribution in [0.1, 0.15) is 53.1 Å². The summed E-state index contributed by atoms with van der Waals surface area (Å²) in [4.78, 5) is 15.4. The maximum absolute atomic E-state index is 12.8. The number of carbonyl (C=O) groups excluding carboxylic acids is 1. The van der Waals surface area contributed by atoms with Crippen molar-refractivity contribution >= 4 is 64.7 Å². The van der Waals surface area contributed by atoms with Crippen LogP contribution in [0, 0.1) is 5.92 Å². The number of rotatable bonds is 10. The average molecular weight is 615 g/mol. The molecule has 0 bridgehead atoms. The van der Waals surface area contributed by atoms with Crippen LogP contribution in [-0.2, 0) is 6.42 Å². The Labute approximate surface area is 252 Å². The van der Waals surface area contributed by atoms with Crippen molar-refractivity contribution in [1.82, 2.24) is 10.2 Å². The first-order valence-corrected chi connectivity index (χ1v) is 14.3. The quantitative estimate of drug-likeness (QED) is 0.247. The zero-order valence-electron chi connectivity index (χ0n) is 21.1. The highest BCUT2D eigenvalue weighted by atomic mass is 35.5. The van der Waals surface area contributed by atoms with Gasteiger partial charge in [0.2, 0.25) is 0 Å². The maximum Gasteiger partial charge on any atom is 0.252 e. The zero-order chi connectivity index (χ0) is 26.2. The number of benzene rings is 3. The summed E-state index contributed by atoms with van der Waals surface area (Å²) in [5.74, 6) is 0.658. The smallest absolute Gasteiger partial charge is 0.252 e. The Morgan fingerprint density at radius 1 is 0.895 bits per heavy atom. The molecule has 1 amide bonds. The summed E-state index contributed by atoms with van der Waals surface area (Å²) in [6, 6.07) is 21.4. The minimum atomic E-state index is -0.216. The van der Waals surface area contributed by atoms with Crippen molar-refractivity contribution in [2.24, 2.45) is 5.92 Å². The zero-order valence-corrected chi connectivity index (χ0v) is 25.0. The molecular weight excluding hydrogens is 582 g/mol. The van der Waals surface area contributed by atoms with Gasteiger partial charge in [0.15, 0.2) is 0 Å². The summed E-state index contributed by atoms with van der Waals surface area (Å²) in [5, 5.41) is 4.94. The van der Waals surface area contributed by atoms with Gasteiger partial charge in [-0.05, 0) is 99.1 Å². The van der Waals surface area contributed by atoms with Crippen LogP contribution in [0.15, 0.2) is 66.7 Å². The third-order valence-corrected chi connectivity index (χ3v) is 8.49. The van der Waals surface area contributed by atoms with E-state index in [2.05, 4.69) is 40.5 Å². The standard InChI is InChI=1S/C30H32Cl4N2O.ClH/c31-25-9-10-26(28(33)19-25)30(37)35-20-24(23-8-11-27(32)29(34)18-23)7-4-14-36-15-12-22(13-16-36)17-21-5-2-1-3-6-21;/h1-3,5-6,8-11,18-19,22,24H,4,7,12-17,20H2,(H,35,37);1H. The molecule has 1 aliphatic heterocycles. The largest absolute Gasteiger partial charge is 0.351 e. The van der Waals surface area contributed by atoms with Crippen molar-refractivity contribution < 1.29 is 4.79 Å². The van der Waals surface area contributed by atoms with Crippen molar-refractivity contribution in [3.05, 3.63) is 104 Å². The van der Waals surface area contributed by atoms with E-state index in [9.17, 15) is 4.79 Å². The van der Waals surface area contributed by atoms with Gasteiger partial charge in [0.1, 0.15) is 0 Å². The first-order chi connectivity index (χ1) is 17.9. The summed E-state index contributed by atoms with van der Waals surface area (Å²) in [6.45, 7) is 3.81. The molecule has 38 heavy (non-hydrogen) atoms. The molecule has 3 nitrogen and oxygen atoms in total. The third-order valence-electron chi connectivity index (χ3n) is 7.20. The minimum absolute atomic E-state index is 0. The average Bonchev–Trinajstić information content (AvgIpc) is 2.89. The second-order valence-electron chi connectivity index (χ2n) is 9.82. The second-order valence-corrected chi connectivity index (χ2v) is 11.5. The topological polar surface area (TPSA) is 32.3 Å². The predicted octanol–water partition coefficient (Wildman–Crippen LogP) is 8.97. The number of nitrogens with zero attached hydrogens (tertiary/aromatic N) is 1. The van der Waals surface area contributed by atoms with Gasteiger partial charge in [-0.3, -0.25) is 4.79 Å². The van der Waals surface area contributed by atoms with Crippen LogP contribution in [0.5, 0.6) is 0 Å². The first kappa shape index (κ1) is 31.1. The Kier molecular flexibility index (Phi) is 12.6. The summed E-state index contributed by atoms with van der Waals surface area (Å²) in [6.07, 6.45) is 5.61. The van der Waals surface area contributed by atoms with E-state index in [4.69, 9.17) is 46.4 Å². The third kappa shape index (κ3) is 9.05.